The summed E-state index contributed by atoms with van der Waals surface area (Å²) in [5.41, 5.74) is 6.96. The van der Waals surface area contributed by atoms with Gasteiger partial charge in [0.05, 0.1) is 35.7 Å². The van der Waals surface area contributed by atoms with Crippen molar-refractivity contribution in [2.45, 2.75) is 65.5 Å². The Labute approximate surface area is 352 Å². The highest BCUT2D eigenvalue weighted by Crippen LogP contribution is 2.44. The van der Waals surface area contributed by atoms with Gasteiger partial charge in [-0.3, -0.25) is 19.4 Å². The van der Waals surface area contributed by atoms with Crippen LogP contribution < -0.4 is 9.47 Å². The average molecular weight is 826 g/mol. The standard InChI is InChI=1S/C46H54Cl2N6O4/c1-31(55)53-21-7-17-45(29-53)19-23-51(27-45)25-33-13-15-39(49-43(33)57-3)37-11-5-9-35(41(37)47)36-10-6-12-38(42(36)48)40-16-14-34(44(50-40)58-4)26-52-24-20-46(28-52)18-8-22-54(30-46)32(2)56/h5-6,9-16H,7-8,17-30H2,1-4H3. The van der Waals surface area contributed by atoms with Crippen LogP contribution in [0.2, 0.25) is 10.0 Å². The highest BCUT2D eigenvalue weighted by Gasteiger charge is 2.43. The van der Waals surface area contributed by atoms with Gasteiger partial charge in [0, 0.05) is 110 Å². The van der Waals surface area contributed by atoms with Crippen molar-refractivity contribution in [3.8, 4) is 45.4 Å². The van der Waals surface area contributed by atoms with E-state index in [1.165, 1.54) is 0 Å². The highest BCUT2D eigenvalue weighted by atomic mass is 35.5. The molecule has 12 heteroatoms. The summed E-state index contributed by atoms with van der Waals surface area (Å²) in [4.78, 5) is 43.2. The molecule has 2 spiro atoms. The molecule has 2 aromatic heterocycles. The van der Waals surface area contributed by atoms with Crippen LogP contribution in [-0.4, -0.2) is 108 Å². The first kappa shape index (κ1) is 40.6. The number of carbonyl (C=O) groups excluding carboxylic acids is 2. The number of piperidine rings is 2. The molecule has 4 aliphatic heterocycles. The Kier molecular flexibility index (Phi) is 11.7. The minimum absolute atomic E-state index is 0.164. The molecule has 0 bridgehead atoms. The van der Waals surface area contributed by atoms with E-state index in [4.69, 9.17) is 42.6 Å². The van der Waals surface area contributed by atoms with Crippen molar-refractivity contribution >= 4 is 35.0 Å². The van der Waals surface area contributed by atoms with Crippen molar-refractivity contribution in [2.75, 3.05) is 66.6 Å². The normalized spacial score (nSPS) is 22.6. The van der Waals surface area contributed by atoms with Crippen molar-refractivity contribution in [1.82, 2.24) is 29.6 Å². The summed E-state index contributed by atoms with van der Waals surface area (Å²) in [5, 5.41) is 1.10. The molecule has 4 saturated heterocycles. The minimum atomic E-state index is 0.164. The van der Waals surface area contributed by atoms with Crippen molar-refractivity contribution in [1.29, 1.82) is 0 Å². The molecular formula is C46H54Cl2N6O4. The summed E-state index contributed by atoms with van der Waals surface area (Å²) >= 11 is 14.5. The summed E-state index contributed by atoms with van der Waals surface area (Å²) in [7, 11) is 3.32. The zero-order chi connectivity index (χ0) is 40.6. The van der Waals surface area contributed by atoms with E-state index in [1.54, 1.807) is 28.1 Å². The smallest absolute Gasteiger partial charge is 0.219 e. The lowest BCUT2D eigenvalue weighted by molar-refractivity contribution is -0.132. The number of benzene rings is 2. The van der Waals surface area contributed by atoms with Crippen LogP contribution in [0, 0.1) is 10.8 Å². The van der Waals surface area contributed by atoms with Gasteiger partial charge >= 0.3 is 0 Å². The first-order valence-electron chi connectivity index (χ1n) is 20.6. The predicted molar refractivity (Wildman–Crippen MR) is 229 cm³/mol. The number of methoxy groups -OCH3 is 2. The summed E-state index contributed by atoms with van der Waals surface area (Å²) in [5.74, 6) is 1.50. The SMILES string of the molecule is COc1nc(-c2cccc(-c3cccc(-c4ccc(CN5CCC6(CCCN(C(C)=O)C6)C5)c(OC)n4)c3Cl)c2Cl)ccc1CN1CCC2(CCCN(C(C)=O)C2)C1. The Bertz CT molecular complexity index is 2050. The zero-order valence-electron chi connectivity index (χ0n) is 34.2. The number of ether oxygens (including phenoxy) is 2. The van der Waals surface area contributed by atoms with Gasteiger partial charge in [-0.1, -0.05) is 71.7 Å². The second kappa shape index (κ2) is 16.8. The van der Waals surface area contributed by atoms with Crippen LogP contribution >= 0.6 is 23.2 Å². The van der Waals surface area contributed by atoms with E-state index in [0.29, 0.717) is 33.2 Å². The molecule has 6 heterocycles. The van der Waals surface area contributed by atoms with E-state index in [0.717, 1.165) is 137 Å². The molecule has 4 aliphatic rings. The van der Waals surface area contributed by atoms with E-state index in [2.05, 4.69) is 21.9 Å². The second-order valence-electron chi connectivity index (χ2n) is 17.1. The van der Waals surface area contributed by atoms with Crippen molar-refractivity contribution < 1.29 is 19.1 Å². The Morgan fingerprint density at radius 1 is 0.586 bits per heavy atom. The van der Waals surface area contributed by atoms with Crippen LogP contribution in [-0.2, 0) is 22.7 Å². The lowest BCUT2D eigenvalue weighted by Gasteiger charge is -2.40. The number of hydrogen-bond donors (Lipinski definition) is 0. The fraction of sp³-hybridized carbons (Fsp3) is 0.478. The fourth-order valence-corrected chi connectivity index (χ4v) is 10.8. The van der Waals surface area contributed by atoms with Crippen LogP contribution in [0.3, 0.4) is 0 Å². The summed E-state index contributed by atoms with van der Waals surface area (Å²) in [6, 6.07) is 20.1. The van der Waals surface area contributed by atoms with Crippen molar-refractivity contribution in [2.24, 2.45) is 10.8 Å². The van der Waals surface area contributed by atoms with E-state index in [-0.39, 0.29) is 22.6 Å². The van der Waals surface area contributed by atoms with E-state index < -0.39 is 0 Å². The van der Waals surface area contributed by atoms with Crippen LogP contribution in [0.4, 0.5) is 0 Å². The van der Waals surface area contributed by atoms with E-state index in [1.807, 2.05) is 58.3 Å². The number of halogens is 2. The molecule has 2 amide bonds. The molecule has 4 fully saturated rings. The number of likely N-dealkylation sites (tertiary alicyclic amines) is 4. The van der Waals surface area contributed by atoms with Crippen LogP contribution in [0.5, 0.6) is 11.8 Å². The molecule has 0 radical (unpaired) electrons. The number of hydrogen-bond acceptors (Lipinski definition) is 8. The third-order valence-electron chi connectivity index (χ3n) is 13.1. The molecule has 2 aromatic carbocycles. The Hall–Kier alpha value is -4.22. The first-order chi connectivity index (χ1) is 28.0. The number of aromatic nitrogens is 2. The van der Waals surface area contributed by atoms with Gasteiger partial charge in [0.25, 0.3) is 0 Å². The third-order valence-corrected chi connectivity index (χ3v) is 14.0. The van der Waals surface area contributed by atoms with Crippen LogP contribution in [0.15, 0.2) is 60.7 Å². The van der Waals surface area contributed by atoms with Gasteiger partial charge in [-0.2, -0.15) is 0 Å². The van der Waals surface area contributed by atoms with Gasteiger partial charge in [-0.15, -0.1) is 0 Å². The summed E-state index contributed by atoms with van der Waals surface area (Å²) in [6.45, 7) is 12.1. The Morgan fingerprint density at radius 2 is 1.00 bits per heavy atom. The van der Waals surface area contributed by atoms with Crippen LogP contribution in [0.25, 0.3) is 33.6 Å². The van der Waals surface area contributed by atoms with Gasteiger partial charge in [0.2, 0.25) is 23.6 Å². The topological polar surface area (TPSA) is 91.3 Å². The summed E-state index contributed by atoms with van der Waals surface area (Å²) < 4.78 is 11.7. The van der Waals surface area contributed by atoms with Gasteiger partial charge in [0.15, 0.2) is 0 Å². The van der Waals surface area contributed by atoms with Gasteiger partial charge in [-0.05, 0) is 63.7 Å². The maximum Gasteiger partial charge on any atom is 0.219 e. The molecule has 0 aliphatic carbocycles. The number of amides is 2. The molecule has 2 atom stereocenters. The Morgan fingerprint density at radius 3 is 1.40 bits per heavy atom. The van der Waals surface area contributed by atoms with E-state index >= 15 is 0 Å². The average Bonchev–Trinajstić information content (AvgIpc) is 3.80. The lowest BCUT2D eigenvalue weighted by Crippen LogP contribution is -2.46. The number of pyridine rings is 2. The first-order valence-corrected chi connectivity index (χ1v) is 21.4. The molecule has 4 aromatic rings. The maximum absolute atomic E-state index is 12.1. The maximum atomic E-state index is 12.1. The van der Waals surface area contributed by atoms with Crippen molar-refractivity contribution in [3.05, 3.63) is 81.8 Å². The molecule has 10 nitrogen and oxygen atoms in total. The second-order valence-corrected chi connectivity index (χ2v) is 17.8. The highest BCUT2D eigenvalue weighted by molar-refractivity contribution is 6.39. The number of nitrogens with zero attached hydrogens (tertiary/aromatic N) is 6. The predicted octanol–water partition coefficient (Wildman–Crippen LogP) is 8.47. The molecule has 0 N–H and O–H groups in total. The van der Waals surface area contributed by atoms with Gasteiger partial charge < -0.3 is 19.3 Å². The lowest BCUT2D eigenvalue weighted by atomic mass is 9.79. The Balaban J connectivity index is 0.989. The summed E-state index contributed by atoms with van der Waals surface area (Å²) in [6.07, 6.45) is 6.62. The molecule has 0 saturated carbocycles. The monoisotopic (exact) mass is 824 g/mol. The van der Waals surface area contributed by atoms with Gasteiger partial charge in [0.1, 0.15) is 0 Å². The largest absolute Gasteiger partial charge is 0.481 e. The molecule has 8 rings (SSSR count). The van der Waals surface area contributed by atoms with Crippen LogP contribution in [0.1, 0.15) is 63.5 Å². The molecule has 58 heavy (non-hydrogen) atoms. The van der Waals surface area contributed by atoms with Crippen molar-refractivity contribution in [3.63, 3.8) is 0 Å². The quantitative estimate of drug-likeness (QED) is 0.166. The molecular weight excluding hydrogens is 771 g/mol. The van der Waals surface area contributed by atoms with Gasteiger partial charge in [-0.25, -0.2) is 9.97 Å². The minimum Gasteiger partial charge on any atom is -0.481 e. The third kappa shape index (κ3) is 8.18. The van der Waals surface area contributed by atoms with E-state index in [9.17, 15) is 9.59 Å². The molecule has 306 valence electrons. The zero-order valence-corrected chi connectivity index (χ0v) is 35.7. The molecule has 2 unspecified atom stereocenters. The number of carbonyl (C=O) groups is 2. The fourth-order valence-electron chi connectivity index (χ4n) is 10.1. The number of rotatable bonds is 9.